The van der Waals surface area contributed by atoms with Gasteiger partial charge in [0.25, 0.3) is 0 Å². The predicted molar refractivity (Wildman–Crippen MR) is 116 cm³/mol. The lowest BCUT2D eigenvalue weighted by atomic mass is 10.0. The zero-order chi connectivity index (χ0) is 22.6. The van der Waals surface area contributed by atoms with E-state index in [4.69, 9.17) is 16.3 Å². The Morgan fingerprint density at radius 3 is 2.23 bits per heavy atom. The van der Waals surface area contributed by atoms with Gasteiger partial charge in [0.15, 0.2) is 0 Å². The fourth-order valence-corrected chi connectivity index (χ4v) is 3.54. The molecular weight excluding hydrogens is 427 g/mol. The van der Waals surface area contributed by atoms with Gasteiger partial charge < -0.3 is 9.84 Å². The van der Waals surface area contributed by atoms with Crippen molar-refractivity contribution in [2.24, 2.45) is 0 Å². The third kappa shape index (κ3) is 6.00. The largest absolute Gasteiger partial charge is 0.497 e. The summed E-state index contributed by atoms with van der Waals surface area (Å²) in [7, 11) is 3.45. The second kappa shape index (κ2) is 9.73. The van der Waals surface area contributed by atoms with E-state index in [0.717, 1.165) is 34.6 Å². The molecule has 0 aromatic heterocycles. The number of benzene rings is 3. The molecule has 0 spiro atoms. The highest BCUT2D eigenvalue weighted by Gasteiger charge is 2.30. The molecule has 0 aliphatic heterocycles. The van der Waals surface area contributed by atoms with Crippen LogP contribution in [0, 0.1) is 0 Å². The van der Waals surface area contributed by atoms with E-state index < -0.39 is 17.8 Å². The van der Waals surface area contributed by atoms with Crippen LogP contribution in [0.3, 0.4) is 0 Å². The van der Waals surface area contributed by atoms with E-state index in [2.05, 4.69) is 0 Å². The van der Waals surface area contributed by atoms with Gasteiger partial charge in [0, 0.05) is 23.7 Å². The zero-order valence-corrected chi connectivity index (χ0v) is 17.9. The van der Waals surface area contributed by atoms with Crippen molar-refractivity contribution in [1.29, 1.82) is 0 Å². The summed E-state index contributed by atoms with van der Waals surface area (Å²) in [5, 5.41) is 11.0. The maximum absolute atomic E-state index is 12.7. The Balaban J connectivity index is 1.62. The number of hydrogen-bond acceptors (Lipinski definition) is 3. The molecule has 0 saturated heterocycles. The maximum Gasteiger partial charge on any atom is 0.416 e. The van der Waals surface area contributed by atoms with E-state index in [1.807, 2.05) is 42.3 Å². The molecule has 7 heteroatoms. The van der Waals surface area contributed by atoms with Crippen molar-refractivity contribution in [3.05, 3.63) is 88.4 Å². The van der Waals surface area contributed by atoms with Crippen molar-refractivity contribution < 1.29 is 23.0 Å². The summed E-state index contributed by atoms with van der Waals surface area (Å²) < 4.78 is 43.3. The second-order valence-electron chi connectivity index (χ2n) is 7.38. The van der Waals surface area contributed by atoms with Gasteiger partial charge in [0.2, 0.25) is 0 Å². The lowest BCUT2D eigenvalue weighted by Gasteiger charge is -2.21. The smallest absolute Gasteiger partial charge is 0.416 e. The van der Waals surface area contributed by atoms with Gasteiger partial charge in [-0.1, -0.05) is 48.0 Å². The third-order valence-corrected chi connectivity index (χ3v) is 5.33. The second-order valence-corrected chi connectivity index (χ2v) is 7.78. The highest BCUT2D eigenvalue weighted by atomic mass is 35.5. The Kier molecular flexibility index (Phi) is 7.26. The first-order valence-electron chi connectivity index (χ1n) is 9.64. The number of nitrogens with zero attached hydrogens (tertiary/aromatic N) is 1. The molecule has 0 heterocycles. The van der Waals surface area contributed by atoms with Crippen LogP contribution >= 0.6 is 11.6 Å². The van der Waals surface area contributed by atoms with Gasteiger partial charge in [-0.05, 0) is 54.1 Å². The third-order valence-electron chi connectivity index (χ3n) is 5.00. The zero-order valence-electron chi connectivity index (χ0n) is 17.2. The Morgan fingerprint density at radius 2 is 1.65 bits per heavy atom. The van der Waals surface area contributed by atoms with Crippen LogP contribution in [0.2, 0.25) is 5.02 Å². The van der Waals surface area contributed by atoms with E-state index in [1.54, 1.807) is 19.2 Å². The predicted octanol–water partition coefficient (Wildman–Crippen LogP) is 6.20. The van der Waals surface area contributed by atoms with E-state index in [0.29, 0.717) is 17.1 Å². The number of alkyl halides is 3. The molecule has 0 bridgehead atoms. The normalized spacial score (nSPS) is 12.8. The standard InChI is InChI=1S/C24H23ClF3NO2/c1-29(15-23(30)18-7-9-19(10-8-18)24(26,27)28)14-16-3-5-17(6-4-16)21-13-20(31-2)11-12-22(21)25/h3-13,23,30H,14-15H2,1-2H3. The minimum absolute atomic E-state index is 0.287. The van der Waals surface area contributed by atoms with Crippen LogP contribution in [-0.2, 0) is 12.7 Å². The topological polar surface area (TPSA) is 32.7 Å². The first-order chi connectivity index (χ1) is 14.7. The molecule has 0 aliphatic rings. The number of rotatable bonds is 7. The van der Waals surface area contributed by atoms with Gasteiger partial charge in [-0.3, -0.25) is 4.90 Å². The molecule has 0 radical (unpaired) electrons. The van der Waals surface area contributed by atoms with Crippen molar-refractivity contribution in [3.63, 3.8) is 0 Å². The lowest BCUT2D eigenvalue weighted by Crippen LogP contribution is -2.24. The van der Waals surface area contributed by atoms with Crippen LogP contribution in [0.4, 0.5) is 13.2 Å². The molecule has 0 saturated carbocycles. The van der Waals surface area contributed by atoms with Gasteiger partial charge in [-0.2, -0.15) is 13.2 Å². The molecule has 164 valence electrons. The van der Waals surface area contributed by atoms with Crippen molar-refractivity contribution >= 4 is 11.6 Å². The first kappa shape index (κ1) is 23.1. The maximum atomic E-state index is 12.7. The summed E-state index contributed by atoms with van der Waals surface area (Å²) in [6, 6.07) is 18.0. The molecule has 1 atom stereocenters. The molecule has 3 rings (SSSR count). The molecule has 3 aromatic carbocycles. The summed E-state index contributed by atoms with van der Waals surface area (Å²) in [6.07, 6.45) is -5.27. The number of aliphatic hydroxyl groups is 1. The number of halogens is 4. The van der Waals surface area contributed by atoms with Crippen molar-refractivity contribution in [2.45, 2.75) is 18.8 Å². The number of methoxy groups -OCH3 is 1. The minimum atomic E-state index is -4.39. The molecule has 0 amide bonds. The highest BCUT2D eigenvalue weighted by molar-refractivity contribution is 6.33. The van der Waals surface area contributed by atoms with Crippen LogP contribution in [0.15, 0.2) is 66.7 Å². The van der Waals surface area contributed by atoms with Crippen LogP contribution in [0.1, 0.15) is 22.8 Å². The van der Waals surface area contributed by atoms with Crippen molar-refractivity contribution in [2.75, 3.05) is 20.7 Å². The number of ether oxygens (including phenoxy) is 1. The molecule has 0 fully saturated rings. The molecular formula is C24H23ClF3NO2. The van der Waals surface area contributed by atoms with Gasteiger partial charge >= 0.3 is 6.18 Å². The molecule has 3 aromatic rings. The first-order valence-corrected chi connectivity index (χ1v) is 10.0. The molecule has 3 nitrogen and oxygen atoms in total. The van der Waals surface area contributed by atoms with Crippen LogP contribution in [0.5, 0.6) is 5.75 Å². The van der Waals surface area contributed by atoms with Crippen LogP contribution in [0.25, 0.3) is 11.1 Å². The minimum Gasteiger partial charge on any atom is -0.497 e. The number of likely N-dealkylation sites (N-methyl/N-ethyl adjacent to an activating group) is 1. The number of hydrogen-bond donors (Lipinski definition) is 1. The Labute approximate surface area is 184 Å². The molecule has 1 N–H and O–H groups in total. The molecule has 1 unspecified atom stereocenters. The summed E-state index contributed by atoms with van der Waals surface area (Å²) >= 11 is 6.31. The summed E-state index contributed by atoms with van der Waals surface area (Å²) in [5.41, 5.74) is 2.58. The van der Waals surface area contributed by atoms with Crippen LogP contribution in [-0.4, -0.2) is 30.7 Å². The van der Waals surface area contributed by atoms with Gasteiger partial charge in [-0.25, -0.2) is 0 Å². The van der Waals surface area contributed by atoms with Crippen molar-refractivity contribution in [1.82, 2.24) is 4.90 Å². The van der Waals surface area contributed by atoms with Gasteiger partial charge in [-0.15, -0.1) is 0 Å². The Hall–Kier alpha value is -2.54. The summed E-state index contributed by atoms with van der Waals surface area (Å²) in [6.45, 7) is 0.860. The Bertz CT molecular complexity index is 1000. The highest BCUT2D eigenvalue weighted by Crippen LogP contribution is 2.32. The van der Waals surface area contributed by atoms with Crippen LogP contribution < -0.4 is 4.74 Å². The quantitative estimate of drug-likeness (QED) is 0.466. The Morgan fingerprint density at radius 1 is 1.00 bits per heavy atom. The summed E-state index contributed by atoms with van der Waals surface area (Å²) in [4.78, 5) is 1.91. The number of aliphatic hydroxyl groups excluding tert-OH is 1. The van der Waals surface area contributed by atoms with E-state index in [1.165, 1.54) is 12.1 Å². The average molecular weight is 450 g/mol. The van der Waals surface area contributed by atoms with E-state index in [-0.39, 0.29) is 6.54 Å². The monoisotopic (exact) mass is 449 g/mol. The van der Waals surface area contributed by atoms with Gasteiger partial charge in [0.1, 0.15) is 5.75 Å². The molecule has 0 aliphatic carbocycles. The van der Waals surface area contributed by atoms with E-state index >= 15 is 0 Å². The van der Waals surface area contributed by atoms with Crippen molar-refractivity contribution in [3.8, 4) is 16.9 Å². The van der Waals surface area contributed by atoms with Gasteiger partial charge in [0.05, 0.1) is 18.8 Å². The fraction of sp³-hybridized carbons (Fsp3) is 0.250. The average Bonchev–Trinajstić information content (AvgIpc) is 2.74. The summed E-state index contributed by atoms with van der Waals surface area (Å²) in [5.74, 6) is 0.723. The SMILES string of the molecule is COc1ccc(Cl)c(-c2ccc(CN(C)CC(O)c3ccc(C(F)(F)F)cc3)cc2)c1. The molecule has 31 heavy (non-hydrogen) atoms. The van der Waals surface area contributed by atoms with E-state index in [9.17, 15) is 18.3 Å². The fourth-order valence-electron chi connectivity index (χ4n) is 3.31. The lowest BCUT2D eigenvalue weighted by molar-refractivity contribution is -0.137.